The maximum absolute atomic E-state index is 12.7. The highest BCUT2D eigenvalue weighted by atomic mass is 32.1. The Hall–Kier alpha value is -3.26. The van der Waals surface area contributed by atoms with E-state index in [2.05, 4.69) is 15.6 Å². The number of fused-ring (bicyclic) bond motifs is 2. The summed E-state index contributed by atoms with van der Waals surface area (Å²) in [4.78, 5) is 43.3. The molecule has 0 unspecified atom stereocenters. The minimum Gasteiger partial charge on any atom is -0.340 e. The summed E-state index contributed by atoms with van der Waals surface area (Å²) < 4.78 is 0.965. The van der Waals surface area contributed by atoms with Crippen LogP contribution in [0.3, 0.4) is 0 Å². The predicted octanol–water partition coefficient (Wildman–Crippen LogP) is 2.40. The van der Waals surface area contributed by atoms with Crippen LogP contribution in [-0.4, -0.2) is 35.3 Å². The summed E-state index contributed by atoms with van der Waals surface area (Å²) in [6, 6.07) is 13.6. The zero-order valence-corrected chi connectivity index (χ0v) is 15.2. The number of carbonyl (C=O) groups excluding carboxylic acids is 3. The molecule has 0 radical (unpaired) electrons. The van der Waals surface area contributed by atoms with Gasteiger partial charge in [-0.05, 0) is 31.2 Å². The first-order valence-electron chi connectivity index (χ1n) is 8.39. The smallest absolute Gasteiger partial charge is 0.254 e. The first-order valence-corrected chi connectivity index (χ1v) is 9.21. The number of aromatic nitrogens is 1. The van der Waals surface area contributed by atoms with E-state index in [0.29, 0.717) is 16.4 Å². The highest BCUT2D eigenvalue weighted by molar-refractivity contribution is 7.22. The van der Waals surface area contributed by atoms with E-state index in [1.54, 1.807) is 31.2 Å². The molecule has 0 fully saturated rings. The van der Waals surface area contributed by atoms with Crippen LogP contribution in [0.25, 0.3) is 10.2 Å². The van der Waals surface area contributed by atoms with Gasteiger partial charge >= 0.3 is 0 Å². The Balaban J connectivity index is 1.59. The predicted molar refractivity (Wildman–Crippen MR) is 104 cm³/mol. The average Bonchev–Trinajstić information content (AvgIpc) is 3.04. The number of benzene rings is 2. The molecule has 0 saturated heterocycles. The molecule has 27 heavy (non-hydrogen) atoms. The molecule has 136 valence electrons. The van der Waals surface area contributed by atoms with E-state index in [9.17, 15) is 14.4 Å². The third-order valence-corrected chi connectivity index (χ3v) is 5.22. The summed E-state index contributed by atoms with van der Waals surface area (Å²) in [5.74, 6) is -1.05. The van der Waals surface area contributed by atoms with Gasteiger partial charge in [-0.3, -0.25) is 14.4 Å². The van der Waals surface area contributed by atoms with Crippen molar-refractivity contribution in [3.05, 3.63) is 54.1 Å². The van der Waals surface area contributed by atoms with Crippen LogP contribution in [0.4, 0.5) is 10.8 Å². The first-order chi connectivity index (χ1) is 13.0. The van der Waals surface area contributed by atoms with Crippen molar-refractivity contribution < 1.29 is 14.4 Å². The van der Waals surface area contributed by atoms with Gasteiger partial charge < -0.3 is 15.5 Å². The molecular weight excluding hydrogens is 364 g/mol. The van der Waals surface area contributed by atoms with Crippen LogP contribution in [0.2, 0.25) is 0 Å². The highest BCUT2D eigenvalue weighted by Gasteiger charge is 2.32. The fraction of sp³-hybridized carbons (Fsp3) is 0.158. The lowest BCUT2D eigenvalue weighted by molar-refractivity contribution is -0.122. The maximum atomic E-state index is 12.7. The minimum absolute atomic E-state index is 0.203. The van der Waals surface area contributed by atoms with Crippen molar-refractivity contribution >= 4 is 50.1 Å². The van der Waals surface area contributed by atoms with Crippen LogP contribution in [0, 0.1) is 0 Å². The van der Waals surface area contributed by atoms with E-state index in [1.807, 2.05) is 24.3 Å². The van der Waals surface area contributed by atoms with Crippen molar-refractivity contribution in [2.45, 2.75) is 13.0 Å². The standard InChI is InChI=1S/C19H16N4O3S/c1-11-18(26)23(14-8-4-2-6-12(14)17(25)20-11)10-16(24)22-19-21-13-7-3-5-9-15(13)27-19/h2-9,11H,10H2,1H3,(H,20,25)(H,21,22,24)/t11-/m0/s1. The van der Waals surface area contributed by atoms with Crippen LogP contribution >= 0.6 is 11.3 Å². The Labute approximate surface area is 159 Å². The number of nitrogens with one attached hydrogen (secondary N) is 2. The quantitative estimate of drug-likeness (QED) is 0.730. The van der Waals surface area contributed by atoms with Crippen LogP contribution in [-0.2, 0) is 9.59 Å². The lowest BCUT2D eigenvalue weighted by Gasteiger charge is -2.23. The lowest BCUT2D eigenvalue weighted by atomic mass is 10.1. The van der Waals surface area contributed by atoms with Gasteiger partial charge in [0.05, 0.1) is 21.5 Å². The molecule has 3 amide bonds. The molecule has 1 aromatic heterocycles. The number of amides is 3. The van der Waals surface area contributed by atoms with Gasteiger partial charge in [-0.25, -0.2) is 4.98 Å². The number of para-hydroxylation sites is 2. The summed E-state index contributed by atoms with van der Waals surface area (Å²) in [5.41, 5.74) is 1.59. The maximum Gasteiger partial charge on any atom is 0.254 e. The van der Waals surface area contributed by atoms with Crippen molar-refractivity contribution in [3.8, 4) is 0 Å². The van der Waals surface area contributed by atoms with E-state index in [0.717, 1.165) is 10.2 Å². The largest absolute Gasteiger partial charge is 0.340 e. The van der Waals surface area contributed by atoms with Crippen LogP contribution in [0.1, 0.15) is 17.3 Å². The van der Waals surface area contributed by atoms with Gasteiger partial charge in [0, 0.05) is 0 Å². The normalized spacial score (nSPS) is 16.6. The molecule has 0 spiro atoms. The van der Waals surface area contributed by atoms with Gasteiger partial charge in [0.2, 0.25) is 11.8 Å². The molecule has 0 saturated carbocycles. The van der Waals surface area contributed by atoms with E-state index in [-0.39, 0.29) is 24.3 Å². The summed E-state index contributed by atoms with van der Waals surface area (Å²) in [5, 5.41) is 5.86. The number of rotatable bonds is 3. The zero-order chi connectivity index (χ0) is 19.0. The Kier molecular flexibility index (Phi) is 4.33. The second-order valence-corrected chi connectivity index (χ2v) is 7.20. The molecule has 2 N–H and O–H groups in total. The van der Waals surface area contributed by atoms with Crippen molar-refractivity contribution in [2.75, 3.05) is 16.8 Å². The van der Waals surface area contributed by atoms with E-state index >= 15 is 0 Å². The van der Waals surface area contributed by atoms with E-state index in [4.69, 9.17) is 0 Å². The number of hydrogen-bond donors (Lipinski definition) is 2. The Morgan fingerprint density at radius 1 is 1.19 bits per heavy atom. The third-order valence-electron chi connectivity index (χ3n) is 4.27. The molecule has 2 heterocycles. The zero-order valence-electron chi connectivity index (χ0n) is 14.4. The summed E-state index contributed by atoms with van der Waals surface area (Å²) in [7, 11) is 0. The number of carbonyl (C=O) groups is 3. The molecule has 7 nitrogen and oxygen atoms in total. The van der Waals surface area contributed by atoms with E-state index < -0.39 is 6.04 Å². The number of anilines is 2. The Morgan fingerprint density at radius 3 is 2.74 bits per heavy atom. The molecule has 0 bridgehead atoms. The molecule has 0 aliphatic carbocycles. The fourth-order valence-electron chi connectivity index (χ4n) is 2.98. The molecule has 3 aromatic rings. The Bertz CT molecular complexity index is 1030. The first kappa shape index (κ1) is 17.2. The van der Waals surface area contributed by atoms with E-state index in [1.165, 1.54) is 16.2 Å². The second kappa shape index (κ2) is 6.81. The van der Waals surface area contributed by atoms with Gasteiger partial charge in [-0.15, -0.1) is 0 Å². The summed E-state index contributed by atoms with van der Waals surface area (Å²) >= 11 is 1.37. The van der Waals surface area contributed by atoms with Crippen LogP contribution < -0.4 is 15.5 Å². The SMILES string of the molecule is C[C@@H]1NC(=O)c2ccccc2N(CC(=O)Nc2nc3ccccc3s2)C1=O. The van der Waals surface area contributed by atoms with Crippen molar-refractivity contribution in [2.24, 2.45) is 0 Å². The average molecular weight is 380 g/mol. The second-order valence-electron chi connectivity index (χ2n) is 6.17. The van der Waals surface area contributed by atoms with Gasteiger partial charge in [0.1, 0.15) is 12.6 Å². The van der Waals surface area contributed by atoms with Crippen LogP contribution in [0.5, 0.6) is 0 Å². The van der Waals surface area contributed by atoms with Crippen molar-refractivity contribution in [1.82, 2.24) is 10.3 Å². The number of nitrogens with zero attached hydrogens (tertiary/aromatic N) is 2. The number of thiazole rings is 1. The van der Waals surface area contributed by atoms with Crippen molar-refractivity contribution in [1.29, 1.82) is 0 Å². The molecule has 1 aliphatic rings. The topological polar surface area (TPSA) is 91.4 Å². The monoisotopic (exact) mass is 380 g/mol. The summed E-state index contributed by atoms with van der Waals surface area (Å²) in [6.45, 7) is 1.40. The van der Waals surface area contributed by atoms with Gasteiger partial charge in [0.15, 0.2) is 5.13 Å². The Morgan fingerprint density at radius 2 is 1.93 bits per heavy atom. The van der Waals surface area contributed by atoms with Gasteiger partial charge in [-0.1, -0.05) is 35.6 Å². The highest BCUT2D eigenvalue weighted by Crippen LogP contribution is 2.26. The lowest BCUT2D eigenvalue weighted by Crippen LogP contribution is -2.46. The number of hydrogen-bond acceptors (Lipinski definition) is 5. The van der Waals surface area contributed by atoms with Gasteiger partial charge in [0.25, 0.3) is 5.91 Å². The molecule has 1 atom stereocenters. The van der Waals surface area contributed by atoms with Crippen molar-refractivity contribution in [3.63, 3.8) is 0 Å². The molecule has 1 aliphatic heterocycles. The molecular formula is C19H16N4O3S. The fourth-order valence-corrected chi connectivity index (χ4v) is 3.86. The van der Waals surface area contributed by atoms with Crippen LogP contribution in [0.15, 0.2) is 48.5 Å². The minimum atomic E-state index is -0.722. The molecule has 2 aromatic carbocycles. The molecule has 8 heteroatoms. The van der Waals surface area contributed by atoms with Gasteiger partial charge in [-0.2, -0.15) is 0 Å². The summed E-state index contributed by atoms with van der Waals surface area (Å²) in [6.07, 6.45) is 0. The third kappa shape index (κ3) is 3.26. The molecule has 4 rings (SSSR count).